The summed E-state index contributed by atoms with van der Waals surface area (Å²) in [6.07, 6.45) is 2.72. The van der Waals surface area contributed by atoms with Crippen LogP contribution >= 0.6 is 0 Å². The molecular weight excluding hydrogens is 250 g/mol. The van der Waals surface area contributed by atoms with Crippen LogP contribution < -0.4 is 0 Å². The molecule has 0 fully saturated rings. The van der Waals surface area contributed by atoms with E-state index in [2.05, 4.69) is 27.7 Å². The average Bonchev–Trinajstić information content (AvgIpc) is 2.28. The van der Waals surface area contributed by atoms with Crippen LogP contribution in [0.2, 0.25) is 0 Å². The van der Waals surface area contributed by atoms with Crippen molar-refractivity contribution in [3.63, 3.8) is 0 Å². The largest absolute Gasteiger partial charge is 0.342 e. The lowest BCUT2D eigenvalue weighted by Gasteiger charge is -2.38. The molecule has 1 unspecified atom stereocenters. The van der Waals surface area contributed by atoms with Gasteiger partial charge in [0.15, 0.2) is 0 Å². The van der Waals surface area contributed by atoms with Crippen LogP contribution in [-0.4, -0.2) is 29.7 Å². The molecule has 3 heteroatoms. The maximum Gasteiger partial charge on any atom is 0.223 e. The molecule has 0 N–H and O–H groups in total. The van der Waals surface area contributed by atoms with E-state index >= 15 is 0 Å². The number of carbonyl (C=O) groups excluding carboxylic acids is 2. The van der Waals surface area contributed by atoms with Crippen LogP contribution in [0.3, 0.4) is 0 Å². The molecule has 20 heavy (non-hydrogen) atoms. The second-order valence-electron chi connectivity index (χ2n) is 7.85. The topological polar surface area (TPSA) is 37.4 Å². The first-order valence-electron chi connectivity index (χ1n) is 7.70. The normalized spacial score (nSPS) is 14.0. The molecule has 0 bridgehead atoms. The predicted octanol–water partition coefficient (Wildman–Crippen LogP) is 4.06. The van der Waals surface area contributed by atoms with Gasteiger partial charge in [0, 0.05) is 31.3 Å². The monoisotopic (exact) mass is 283 g/mol. The Morgan fingerprint density at radius 1 is 1.00 bits per heavy atom. The van der Waals surface area contributed by atoms with Gasteiger partial charge in [-0.25, -0.2) is 0 Å². The minimum Gasteiger partial charge on any atom is -0.342 e. The first-order chi connectivity index (χ1) is 8.91. The van der Waals surface area contributed by atoms with E-state index in [0.29, 0.717) is 12.8 Å². The highest BCUT2D eigenvalue weighted by Crippen LogP contribution is 2.28. The highest BCUT2D eigenvalue weighted by atomic mass is 16.2. The fourth-order valence-corrected chi connectivity index (χ4v) is 2.43. The molecule has 0 aliphatic carbocycles. The smallest absolute Gasteiger partial charge is 0.223 e. The minimum absolute atomic E-state index is 0.0639. The van der Waals surface area contributed by atoms with E-state index in [-0.39, 0.29) is 28.6 Å². The summed E-state index contributed by atoms with van der Waals surface area (Å²) >= 11 is 0. The standard InChI is InChI=1S/C17H33NO2/c1-9-10-13(16(2,3)4)18(8)15(20)12-11-14(19)17(5,6)7/h13H,9-12H2,1-8H3. The van der Waals surface area contributed by atoms with Crippen LogP contribution in [0.1, 0.15) is 74.1 Å². The number of carbonyl (C=O) groups is 2. The molecule has 0 aromatic carbocycles. The molecule has 0 saturated heterocycles. The number of amides is 1. The Labute approximate surface area is 125 Å². The van der Waals surface area contributed by atoms with Gasteiger partial charge in [-0.15, -0.1) is 0 Å². The minimum atomic E-state index is -0.355. The zero-order valence-corrected chi connectivity index (χ0v) is 14.7. The maximum atomic E-state index is 12.3. The van der Waals surface area contributed by atoms with Crippen LogP contribution in [0.4, 0.5) is 0 Å². The van der Waals surface area contributed by atoms with Gasteiger partial charge >= 0.3 is 0 Å². The Balaban J connectivity index is 4.64. The summed E-state index contributed by atoms with van der Waals surface area (Å²) in [5.41, 5.74) is -0.292. The van der Waals surface area contributed by atoms with Gasteiger partial charge in [-0.3, -0.25) is 9.59 Å². The van der Waals surface area contributed by atoms with Crippen molar-refractivity contribution in [1.29, 1.82) is 0 Å². The van der Waals surface area contributed by atoms with Crippen molar-refractivity contribution in [3.8, 4) is 0 Å². The van der Waals surface area contributed by atoms with Crippen molar-refractivity contribution in [2.24, 2.45) is 10.8 Å². The molecule has 3 nitrogen and oxygen atoms in total. The Kier molecular flexibility index (Phi) is 6.92. The Morgan fingerprint density at radius 3 is 1.85 bits per heavy atom. The number of hydrogen-bond donors (Lipinski definition) is 0. The summed E-state index contributed by atoms with van der Waals surface area (Å²) in [7, 11) is 1.87. The number of ketones is 1. The van der Waals surface area contributed by atoms with Crippen LogP contribution in [0.15, 0.2) is 0 Å². The van der Waals surface area contributed by atoms with Gasteiger partial charge in [0.2, 0.25) is 5.91 Å². The van der Waals surface area contributed by atoms with E-state index in [1.54, 1.807) is 0 Å². The number of Topliss-reactive ketones (excluding diaryl/α,β-unsaturated/α-hetero) is 1. The lowest BCUT2D eigenvalue weighted by atomic mass is 9.83. The zero-order valence-electron chi connectivity index (χ0n) is 14.7. The lowest BCUT2D eigenvalue weighted by Crippen LogP contribution is -2.45. The molecule has 0 aliphatic heterocycles. The highest BCUT2D eigenvalue weighted by Gasteiger charge is 2.30. The maximum absolute atomic E-state index is 12.3. The molecule has 118 valence electrons. The van der Waals surface area contributed by atoms with Gasteiger partial charge in [0.25, 0.3) is 0 Å². The van der Waals surface area contributed by atoms with Crippen LogP contribution in [-0.2, 0) is 9.59 Å². The summed E-state index contributed by atoms with van der Waals surface area (Å²) in [5.74, 6) is 0.234. The lowest BCUT2D eigenvalue weighted by molar-refractivity contribution is -0.137. The summed E-state index contributed by atoms with van der Waals surface area (Å²) in [6, 6.07) is 0.227. The van der Waals surface area contributed by atoms with Gasteiger partial charge < -0.3 is 4.90 Å². The summed E-state index contributed by atoms with van der Waals surface area (Å²) in [6.45, 7) is 14.3. The van der Waals surface area contributed by atoms with Crippen molar-refractivity contribution in [2.75, 3.05) is 7.05 Å². The highest BCUT2D eigenvalue weighted by molar-refractivity contribution is 5.88. The number of hydrogen-bond acceptors (Lipinski definition) is 2. The fraction of sp³-hybridized carbons (Fsp3) is 0.882. The molecule has 0 heterocycles. The molecule has 0 radical (unpaired) electrons. The predicted molar refractivity (Wildman–Crippen MR) is 84.6 cm³/mol. The van der Waals surface area contributed by atoms with E-state index < -0.39 is 0 Å². The summed E-state index contributed by atoms with van der Waals surface area (Å²) in [4.78, 5) is 26.1. The molecule has 1 atom stereocenters. The van der Waals surface area contributed by atoms with Gasteiger partial charge in [0.05, 0.1) is 0 Å². The number of nitrogens with zero attached hydrogens (tertiary/aromatic N) is 1. The van der Waals surface area contributed by atoms with Gasteiger partial charge in [-0.05, 0) is 11.8 Å². The average molecular weight is 283 g/mol. The van der Waals surface area contributed by atoms with Gasteiger partial charge in [-0.1, -0.05) is 54.9 Å². The van der Waals surface area contributed by atoms with Crippen molar-refractivity contribution in [1.82, 2.24) is 4.90 Å². The molecule has 0 aromatic heterocycles. The fourth-order valence-electron chi connectivity index (χ4n) is 2.43. The zero-order chi connectivity index (χ0) is 16.1. The van der Waals surface area contributed by atoms with Crippen LogP contribution in [0, 0.1) is 10.8 Å². The molecule has 0 aliphatic rings. The Bertz CT molecular complexity index is 334. The van der Waals surface area contributed by atoms with Gasteiger partial charge in [-0.2, -0.15) is 0 Å². The molecule has 0 aromatic rings. The molecule has 0 spiro atoms. The Morgan fingerprint density at radius 2 is 1.50 bits per heavy atom. The van der Waals surface area contributed by atoms with E-state index in [9.17, 15) is 9.59 Å². The third-order valence-corrected chi connectivity index (χ3v) is 3.83. The van der Waals surface area contributed by atoms with E-state index in [1.807, 2.05) is 32.7 Å². The quantitative estimate of drug-likeness (QED) is 0.737. The van der Waals surface area contributed by atoms with Crippen molar-refractivity contribution in [2.45, 2.75) is 80.2 Å². The molecule has 0 saturated carbocycles. The second kappa shape index (κ2) is 7.24. The first-order valence-corrected chi connectivity index (χ1v) is 7.70. The Hall–Kier alpha value is -0.860. The van der Waals surface area contributed by atoms with Crippen LogP contribution in [0.25, 0.3) is 0 Å². The van der Waals surface area contributed by atoms with Crippen LogP contribution in [0.5, 0.6) is 0 Å². The van der Waals surface area contributed by atoms with Crippen molar-refractivity contribution < 1.29 is 9.59 Å². The van der Waals surface area contributed by atoms with Crippen molar-refractivity contribution in [3.05, 3.63) is 0 Å². The van der Waals surface area contributed by atoms with Gasteiger partial charge in [0.1, 0.15) is 5.78 Å². The number of rotatable bonds is 6. The van der Waals surface area contributed by atoms with E-state index in [0.717, 1.165) is 12.8 Å². The summed E-state index contributed by atoms with van der Waals surface area (Å²) < 4.78 is 0. The second-order valence-corrected chi connectivity index (χ2v) is 7.85. The third kappa shape index (κ3) is 6.06. The molecule has 1 amide bonds. The molecular formula is C17H33NO2. The third-order valence-electron chi connectivity index (χ3n) is 3.83. The first kappa shape index (κ1) is 19.1. The SMILES string of the molecule is CCCC(N(C)C(=O)CCC(=O)C(C)(C)C)C(C)(C)C. The van der Waals surface area contributed by atoms with E-state index in [1.165, 1.54) is 0 Å². The summed E-state index contributed by atoms with van der Waals surface area (Å²) in [5, 5.41) is 0. The molecule has 0 rings (SSSR count). The van der Waals surface area contributed by atoms with Crippen molar-refractivity contribution >= 4 is 11.7 Å². The van der Waals surface area contributed by atoms with E-state index in [4.69, 9.17) is 0 Å².